The summed E-state index contributed by atoms with van der Waals surface area (Å²) in [7, 11) is 1.47. The zero-order chi connectivity index (χ0) is 19.5. The number of ether oxygens (including phenoxy) is 2. The quantitative estimate of drug-likeness (QED) is 0.317. The molecule has 1 unspecified atom stereocenters. The molecule has 1 heterocycles. The Bertz CT molecular complexity index is 684. The van der Waals surface area contributed by atoms with Crippen molar-refractivity contribution in [1.82, 2.24) is 9.97 Å². The van der Waals surface area contributed by atoms with Gasteiger partial charge in [-0.2, -0.15) is 0 Å². The Morgan fingerprint density at radius 1 is 1.00 bits per heavy atom. The molecule has 0 aliphatic heterocycles. The van der Waals surface area contributed by atoms with Crippen molar-refractivity contribution in [2.45, 2.75) is 64.9 Å². The second-order valence-electron chi connectivity index (χ2n) is 6.76. The smallest absolute Gasteiger partial charge is 0.340 e. The molecule has 146 valence electrons. The van der Waals surface area contributed by atoms with E-state index in [4.69, 9.17) is 9.47 Å². The van der Waals surface area contributed by atoms with Gasteiger partial charge in [-0.15, -0.1) is 0 Å². The summed E-state index contributed by atoms with van der Waals surface area (Å²) in [6.07, 6.45) is 12.0. The van der Waals surface area contributed by atoms with E-state index in [0.717, 1.165) is 12.0 Å². The third-order valence-electron chi connectivity index (χ3n) is 4.54. The van der Waals surface area contributed by atoms with Crippen LogP contribution in [0.1, 0.15) is 57.9 Å². The lowest BCUT2D eigenvalue weighted by Gasteiger charge is -2.09. The van der Waals surface area contributed by atoms with Crippen LogP contribution >= 0.6 is 0 Å². The van der Waals surface area contributed by atoms with Crippen LogP contribution in [0, 0.1) is 0 Å². The van der Waals surface area contributed by atoms with Gasteiger partial charge in [0.25, 0.3) is 0 Å². The minimum Gasteiger partial charge on any atom is -0.425 e. The number of hydrogen-bond acceptors (Lipinski definition) is 5. The highest BCUT2D eigenvalue weighted by Gasteiger charge is 2.14. The highest BCUT2D eigenvalue weighted by Crippen LogP contribution is 2.20. The van der Waals surface area contributed by atoms with Crippen LogP contribution in [0.3, 0.4) is 0 Å². The fourth-order valence-corrected chi connectivity index (χ4v) is 2.71. The van der Waals surface area contributed by atoms with Crippen molar-refractivity contribution in [3.05, 3.63) is 42.2 Å². The predicted octanol–water partition coefficient (Wildman–Crippen LogP) is 4.99. The molecule has 0 saturated carbocycles. The van der Waals surface area contributed by atoms with Crippen molar-refractivity contribution >= 4 is 5.97 Å². The molecule has 0 fully saturated rings. The first-order valence-corrected chi connectivity index (χ1v) is 9.80. The van der Waals surface area contributed by atoms with Crippen LogP contribution in [0.25, 0.3) is 11.4 Å². The van der Waals surface area contributed by atoms with Gasteiger partial charge in [0.15, 0.2) is 11.9 Å². The first-order valence-electron chi connectivity index (χ1n) is 9.80. The van der Waals surface area contributed by atoms with E-state index >= 15 is 0 Å². The largest absolute Gasteiger partial charge is 0.425 e. The van der Waals surface area contributed by atoms with E-state index in [2.05, 4.69) is 16.9 Å². The Morgan fingerprint density at radius 2 is 1.63 bits per heavy atom. The van der Waals surface area contributed by atoms with E-state index in [1.165, 1.54) is 51.2 Å². The van der Waals surface area contributed by atoms with Gasteiger partial charge in [-0.25, -0.2) is 14.8 Å². The van der Waals surface area contributed by atoms with E-state index < -0.39 is 12.1 Å². The number of nitrogens with zero attached hydrogens (tertiary/aromatic N) is 2. The van der Waals surface area contributed by atoms with Crippen LogP contribution < -0.4 is 4.74 Å². The molecule has 0 amide bonds. The summed E-state index contributed by atoms with van der Waals surface area (Å²) >= 11 is 0. The summed E-state index contributed by atoms with van der Waals surface area (Å²) in [6, 6.07) is 7.18. The lowest BCUT2D eigenvalue weighted by atomic mass is 10.1. The molecular formula is C22H30N2O3. The monoisotopic (exact) mass is 370 g/mol. The van der Waals surface area contributed by atoms with E-state index in [9.17, 15) is 4.79 Å². The standard InChI is InChI=1S/C22H30N2O3/c1-4-5-6-7-8-9-10-18-15-23-21(24-16-18)19-11-13-20(14-12-19)27-22(25)17(2)26-3/h11-17H,4-10H2,1-3H3. The average Bonchev–Trinajstić information content (AvgIpc) is 2.71. The van der Waals surface area contributed by atoms with Crippen LogP contribution in [0.2, 0.25) is 0 Å². The molecule has 0 aliphatic rings. The first kappa shape index (κ1) is 21.0. The molecule has 1 aromatic carbocycles. The van der Waals surface area contributed by atoms with Crippen LogP contribution in [-0.4, -0.2) is 29.2 Å². The number of hydrogen-bond donors (Lipinski definition) is 0. The third kappa shape index (κ3) is 7.10. The SMILES string of the molecule is CCCCCCCCc1cnc(-c2ccc(OC(=O)C(C)OC)cc2)nc1. The van der Waals surface area contributed by atoms with E-state index in [-0.39, 0.29) is 0 Å². The van der Waals surface area contributed by atoms with Crippen molar-refractivity contribution in [3.8, 4) is 17.1 Å². The van der Waals surface area contributed by atoms with Crippen molar-refractivity contribution in [3.63, 3.8) is 0 Å². The summed E-state index contributed by atoms with van der Waals surface area (Å²) in [5.74, 6) is 0.734. The van der Waals surface area contributed by atoms with Crippen LogP contribution in [0.15, 0.2) is 36.7 Å². The number of rotatable bonds is 11. The Hall–Kier alpha value is -2.27. The van der Waals surface area contributed by atoms with Crippen molar-refractivity contribution < 1.29 is 14.3 Å². The van der Waals surface area contributed by atoms with Gasteiger partial charge in [-0.05, 0) is 49.6 Å². The number of aromatic nitrogens is 2. The number of methoxy groups -OCH3 is 1. The van der Waals surface area contributed by atoms with Crippen molar-refractivity contribution in [1.29, 1.82) is 0 Å². The van der Waals surface area contributed by atoms with Gasteiger partial charge < -0.3 is 9.47 Å². The Kier molecular flexibility index (Phi) is 8.92. The van der Waals surface area contributed by atoms with Crippen LogP contribution in [-0.2, 0) is 16.0 Å². The summed E-state index contributed by atoms with van der Waals surface area (Å²) in [6.45, 7) is 3.89. The maximum Gasteiger partial charge on any atom is 0.340 e. The summed E-state index contributed by atoms with van der Waals surface area (Å²) in [4.78, 5) is 20.7. The van der Waals surface area contributed by atoms with Gasteiger partial charge in [0, 0.05) is 25.1 Å². The lowest BCUT2D eigenvalue weighted by molar-refractivity contribution is -0.144. The van der Waals surface area contributed by atoms with Gasteiger partial charge >= 0.3 is 5.97 Å². The molecule has 1 aromatic heterocycles. The van der Waals surface area contributed by atoms with E-state index in [0.29, 0.717) is 11.6 Å². The number of carbonyl (C=O) groups is 1. The van der Waals surface area contributed by atoms with E-state index in [1.807, 2.05) is 24.5 Å². The molecule has 5 heteroatoms. The molecule has 0 N–H and O–H groups in total. The zero-order valence-corrected chi connectivity index (χ0v) is 16.6. The summed E-state index contributed by atoms with van der Waals surface area (Å²) in [5, 5.41) is 0. The Balaban J connectivity index is 1.84. The van der Waals surface area contributed by atoms with Gasteiger partial charge in [-0.1, -0.05) is 39.0 Å². The maximum atomic E-state index is 11.7. The molecule has 27 heavy (non-hydrogen) atoms. The molecule has 0 aliphatic carbocycles. The average molecular weight is 370 g/mol. The van der Waals surface area contributed by atoms with Crippen molar-refractivity contribution in [2.24, 2.45) is 0 Å². The van der Waals surface area contributed by atoms with Crippen LogP contribution in [0.4, 0.5) is 0 Å². The molecule has 1 atom stereocenters. The molecule has 0 saturated heterocycles. The lowest BCUT2D eigenvalue weighted by Crippen LogP contribution is -2.24. The highest BCUT2D eigenvalue weighted by molar-refractivity contribution is 5.77. The number of benzene rings is 1. The van der Waals surface area contributed by atoms with Gasteiger partial charge in [0.1, 0.15) is 5.75 Å². The molecule has 0 bridgehead atoms. The van der Waals surface area contributed by atoms with E-state index in [1.54, 1.807) is 19.1 Å². The summed E-state index contributed by atoms with van der Waals surface area (Å²) < 4.78 is 10.2. The maximum absolute atomic E-state index is 11.7. The highest BCUT2D eigenvalue weighted by atomic mass is 16.6. The summed E-state index contributed by atoms with van der Waals surface area (Å²) in [5.41, 5.74) is 2.06. The van der Waals surface area contributed by atoms with Crippen molar-refractivity contribution in [2.75, 3.05) is 7.11 Å². The normalized spacial score (nSPS) is 12.0. The zero-order valence-electron chi connectivity index (χ0n) is 16.6. The van der Waals surface area contributed by atoms with Gasteiger partial charge in [0.05, 0.1) is 0 Å². The Morgan fingerprint density at radius 3 is 2.26 bits per heavy atom. The minimum atomic E-state index is -0.591. The third-order valence-corrected chi connectivity index (χ3v) is 4.54. The van der Waals surface area contributed by atoms with Gasteiger partial charge in [-0.3, -0.25) is 0 Å². The fourth-order valence-electron chi connectivity index (χ4n) is 2.71. The van der Waals surface area contributed by atoms with Crippen LogP contribution in [0.5, 0.6) is 5.75 Å². The predicted molar refractivity (Wildman–Crippen MR) is 107 cm³/mol. The van der Waals surface area contributed by atoms with Gasteiger partial charge in [0.2, 0.25) is 0 Å². The second kappa shape index (κ2) is 11.4. The molecule has 2 aromatic rings. The topological polar surface area (TPSA) is 61.3 Å². The molecule has 0 radical (unpaired) electrons. The second-order valence-corrected chi connectivity index (χ2v) is 6.76. The number of unbranched alkanes of at least 4 members (excludes halogenated alkanes) is 5. The molecule has 0 spiro atoms. The number of carbonyl (C=O) groups excluding carboxylic acids is 1. The molecule has 2 rings (SSSR count). The number of esters is 1. The first-order chi connectivity index (χ1) is 13.1. The Labute approximate surface area is 162 Å². The fraction of sp³-hybridized carbons (Fsp3) is 0.500. The molecular weight excluding hydrogens is 340 g/mol. The number of aryl methyl sites for hydroxylation is 1. The molecule has 5 nitrogen and oxygen atoms in total. The minimum absolute atomic E-state index is 0.416.